The number of rotatable bonds is 3. The van der Waals surface area contributed by atoms with Crippen molar-refractivity contribution in [3.05, 3.63) is 15.6 Å². The van der Waals surface area contributed by atoms with Crippen molar-refractivity contribution in [2.75, 3.05) is 0 Å². The predicted octanol–water partition coefficient (Wildman–Crippen LogP) is 2.65. The lowest BCUT2D eigenvalue weighted by Crippen LogP contribution is -2.21. The highest BCUT2D eigenvalue weighted by Crippen LogP contribution is 2.40. The van der Waals surface area contributed by atoms with E-state index in [2.05, 4.69) is 20.8 Å². The van der Waals surface area contributed by atoms with E-state index in [4.69, 9.17) is 10.7 Å². The predicted molar refractivity (Wildman–Crippen MR) is 65.4 cm³/mol. The topological polar surface area (TPSA) is 38.9 Å². The first-order chi connectivity index (χ1) is 7.03. The summed E-state index contributed by atoms with van der Waals surface area (Å²) in [5.41, 5.74) is 7.59. The second-order valence-corrected chi connectivity index (χ2v) is 6.30. The molecule has 1 unspecified atom stereocenters. The Bertz CT molecular complexity index is 355. The van der Waals surface area contributed by atoms with Crippen LogP contribution in [-0.4, -0.2) is 11.0 Å². The Morgan fingerprint density at radius 2 is 2.27 bits per heavy atom. The smallest absolute Gasteiger partial charge is 0.0946 e. The number of hydrogen-bond acceptors (Lipinski definition) is 3. The minimum absolute atomic E-state index is 0.277. The summed E-state index contributed by atoms with van der Waals surface area (Å²) in [6.07, 6.45) is 4.44. The van der Waals surface area contributed by atoms with Crippen molar-refractivity contribution in [1.29, 1.82) is 0 Å². The van der Waals surface area contributed by atoms with E-state index in [-0.39, 0.29) is 6.04 Å². The molecule has 1 aromatic rings. The molecule has 1 atom stereocenters. The Morgan fingerprint density at radius 3 is 2.87 bits per heavy atom. The van der Waals surface area contributed by atoms with Crippen LogP contribution in [-0.2, 0) is 18.3 Å². The molecule has 0 saturated carbocycles. The molecule has 2 nitrogen and oxygen atoms in total. The first kappa shape index (κ1) is 11.1. The molecule has 0 bridgehead atoms. The van der Waals surface area contributed by atoms with Crippen LogP contribution in [0.3, 0.4) is 0 Å². The third-order valence-electron chi connectivity index (χ3n) is 3.32. The van der Waals surface area contributed by atoms with E-state index in [9.17, 15) is 0 Å². The van der Waals surface area contributed by atoms with Crippen LogP contribution in [0, 0.1) is 0 Å². The van der Waals surface area contributed by atoms with Gasteiger partial charge in [0.2, 0.25) is 0 Å². The number of aryl methyl sites for hydroxylation is 1. The van der Waals surface area contributed by atoms with Crippen LogP contribution >= 0.6 is 11.3 Å². The van der Waals surface area contributed by atoms with Crippen molar-refractivity contribution in [1.82, 2.24) is 4.98 Å². The lowest BCUT2D eigenvalue weighted by molar-refractivity contribution is 0.507. The van der Waals surface area contributed by atoms with E-state index in [1.54, 1.807) is 0 Å². The average molecular weight is 224 g/mol. The molecule has 0 spiro atoms. The Hall–Kier alpha value is -0.410. The SMILES string of the molecule is CCC(N)Cc1nc2c(s1)CCC2(C)C. The van der Waals surface area contributed by atoms with Crippen LogP contribution in [0.25, 0.3) is 0 Å². The zero-order valence-corrected chi connectivity index (χ0v) is 10.7. The van der Waals surface area contributed by atoms with Crippen molar-refractivity contribution < 1.29 is 0 Å². The number of fused-ring (bicyclic) bond motifs is 1. The normalized spacial score (nSPS) is 20.3. The second-order valence-electron chi connectivity index (χ2n) is 5.14. The minimum Gasteiger partial charge on any atom is -0.327 e. The molecule has 15 heavy (non-hydrogen) atoms. The molecule has 1 heterocycles. The highest BCUT2D eigenvalue weighted by atomic mass is 32.1. The van der Waals surface area contributed by atoms with E-state index in [0.717, 1.165) is 12.8 Å². The van der Waals surface area contributed by atoms with Gasteiger partial charge in [-0.2, -0.15) is 0 Å². The average Bonchev–Trinajstić information content (AvgIpc) is 2.68. The van der Waals surface area contributed by atoms with Gasteiger partial charge in [0.15, 0.2) is 0 Å². The summed E-state index contributed by atoms with van der Waals surface area (Å²) in [5.74, 6) is 0. The molecule has 0 amide bonds. The van der Waals surface area contributed by atoms with E-state index < -0.39 is 0 Å². The first-order valence-corrected chi connectivity index (χ1v) is 6.59. The maximum atomic E-state index is 5.96. The monoisotopic (exact) mass is 224 g/mol. The maximum Gasteiger partial charge on any atom is 0.0946 e. The quantitative estimate of drug-likeness (QED) is 0.857. The van der Waals surface area contributed by atoms with Gasteiger partial charge in [0, 0.05) is 22.8 Å². The molecule has 1 aromatic heterocycles. The van der Waals surface area contributed by atoms with Gasteiger partial charge in [-0.1, -0.05) is 20.8 Å². The van der Waals surface area contributed by atoms with Crippen molar-refractivity contribution in [3.63, 3.8) is 0 Å². The van der Waals surface area contributed by atoms with Crippen molar-refractivity contribution >= 4 is 11.3 Å². The molecule has 84 valence electrons. The fourth-order valence-corrected chi connectivity index (χ4v) is 3.44. The molecule has 2 N–H and O–H groups in total. The van der Waals surface area contributed by atoms with E-state index >= 15 is 0 Å². The highest BCUT2D eigenvalue weighted by Gasteiger charge is 2.33. The molecular formula is C12H20N2S. The van der Waals surface area contributed by atoms with Gasteiger partial charge in [0.1, 0.15) is 0 Å². The molecule has 2 rings (SSSR count). The number of hydrogen-bond donors (Lipinski definition) is 1. The summed E-state index contributed by atoms with van der Waals surface area (Å²) < 4.78 is 0. The van der Waals surface area contributed by atoms with Gasteiger partial charge < -0.3 is 5.73 Å². The van der Waals surface area contributed by atoms with Crippen LogP contribution in [0.5, 0.6) is 0 Å². The van der Waals surface area contributed by atoms with E-state index in [1.807, 2.05) is 11.3 Å². The van der Waals surface area contributed by atoms with Gasteiger partial charge >= 0.3 is 0 Å². The number of nitrogens with two attached hydrogens (primary N) is 1. The highest BCUT2D eigenvalue weighted by molar-refractivity contribution is 7.11. The Balaban J connectivity index is 2.18. The van der Waals surface area contributed by atoms with Crippen LogP contribution < -0.4 is 5.73 Å². The Morgan fingerprint density at radius 1 is 1.53 bits per heavy atom. The molecular weight excluding hydrogens is 204 g/mol. The molecule has 0 aliphatic heterocycles. The third kappa shape index (κ3) is 2.08. The lowest BCUT2D eigenvalue weighted by atomic mass is 9.91. The fourth-order valence-electron chi connectivity index (χ4n) is 2.10. The second kappa shape index (κ2) is 3.87. The zero-order chi connectivity index (χ0) is 11.1. The van der Waals surface area contributed by atoms with Gasteiger partial charge in [0.05, 0.1) is 10.7 Å². The fraction of sp³-hybridized carbons (Fsp3) is 0.750. The van der Waals surface area contributed by atoms with Crippen LogP contribution in [0.15, 0.2) is 0 Å². The molecule has 3 heteroatoms. The van der Waals surface area contributed by atoms with Gasteiger partial charge in [0.25, 0.3) is 0 Å². The molecule has 1 aliphatic rings. The lowest BCUT2D eigenvalue weighted by Gasteiger charge is -2.15. The minimum atomic E-state index is 0.277. The number of aromatic nitrogens is 1. The maximum absolute atomic E-state index is 5.96. The van der Waals surface area contributed by atoms with E-state index in [0.29, 0.717) is 5.41 Å². The van der Waals surface area contributed by atoms with Gasteiger partial charge in [-0.15, -0.1) is 11.3 Å². The van der Waals surface area contributed by atoms with Crippen molar-refractivity contribution in [2.45, 2.75) is 57.9 Å². The van der Waals surface area contributed by atoms with Crippen LogP contribution in [0.1, 0.15) is 49.2 Å². The summed E-state index contributed by atoms with van der Waals surface area (Å²) in [7, 11) is 0. The summed E-state index contributed by atoms with van der Waals surface area (Å²) in [5, 5.41) is 1.24. The third-order valence-corrected chi connectivity index (χ3v) is 4.46. The first-order valence-electron chi connectivity index (χ1n) is 5.77. The van der Waals surface area contributed by atoms with Crippen LogP contribution in [0.2, 0.25) is 0 Å². The molecule has 0 fully saturated rings. The van der Waals surface area contributed by atoms with Gasteiger partial charge in [-0.05, 0) is 19.3 Å². The Labute approximate surface area is 95.9 Å². The number of nitrogens with zero attached hydrogens (tertiary/aromatic N) is 1. The zero-order valence-electron chi connectivity index (χ0n) is 9.84. The molecule has 0 radical (unpaired) electrons. The van der Waals surface area contributed by atoms with Crippen molar-refractivity contribution in [2.24, 2.45) is 5.73 Å². The summed E-state index contributed by atoms with van der Waals surface area (Å²) >= 11 is 1.88. The summed E-state index contributed by atoms with van der Waals surface area (Å²) in [6.45, 7) is 6.72. The molecule has 1 aliphatic carbocycles. The van der Waals surface area contributed by atoms with E-state index in [1.165, 1.54) is 28.4 Å². The number of thiazole rings is 1. The van der Waals surface area contributed by atoms with Gasteiger partial charge in [-0.25, -0.2) is 4.98 Å². The molecule has 0 saturated heterocycles. The summed E-state index contributed by atoms with van der Waals surface area (Å²) in [4.78, 5) is 6.27. The standard InChI is InChI=1S/C12H20N2S/c1-4-8(13)7-10-14-11-9(15-10)5-6-12(11,2)3/h8H,4-7,13H2,1-3H3. The summed E-state index contributed by atoms with van der Waals surface area (Å²) in [6, 6.07) is 0.277. The Kier molecular flexibility index (Phi) is 2.86. The molecule has 0 aromatic carbocycles. The van der Waals surface area contributed by atoms with Crippen molar-refractivity contribution in [3.8, 4) is 0 Å². The van der Waals surface area contributed by atoms with Crippen LogP contribution in [0.4, 0.5) is 0 Å². The largest absolute Gasteiger partial charge is 0.327 e. The van der Waals surface area contributed by atoms with Gasteiger partial charge in [-0.3, -0.25) is 0 Å².